The van der Waals surface area contributed by atoms with Crippen molar-refractivity contribution in [2.24, 2.45) is 22.4 Å². The Morgan fingerprint density at radius 1 is 1.43 bits per heavy atom. The Morgan fingerprint density at radius 3 is 2.86 bits per heavy atom. The van der Waals surface area contributed by atoms with Gasteiger partial charge in [-0.25, -0.2) is 5.43 Å². The van der Waals surface area contributed by atoms with Crippen LogP contribution in [0.3, 0.4) is 0 Å². The number of hydrazone groups is 1. The van der Waals surface area contributed by atoms with Gasteiger partial charge in [0, 0.05) is 0 Å². The predicted molar refractivity (Wildman–Crippen MR) is 82.1 cm³/mol. The Labute approximate surface area is 124 Å². The number of para-hydroxylation sites is 1. The van der Waals surface area contributed by atoms with E-state index < -0.39 is 5.91 Å². The van der Waals surface area contributed by atoms with Crippen molar-refractivity contribution < 1.29 is 9.90 Å². The number of fused-ring (bicyclic) bond motifs is 1. The van der Waals surface area contributed by atoms with Crippen molar-refractivity contribution in [3.05, 3.63) is 41.5 Å². The molecule has 110 valence electrons. The molecule has 0 aromatic heterocycles. The van der Waals surface area contributed by atoms with Crippen molar-refractivity contribution in [1.29, 1.82) is 0 Å². The van der Waals surface area contributed by atoms with Crippen LogP contribution in [0.2, 0.25) is 0 Å². The summed E-state index contributed by atoms with van der Waals surface area (Å²) < 4.78 is 0. The van der Waals surface area contributed by atoms with Crippen LogP contribution in [0, 0.1) is 17.3 Å². The Balaban J connectivity index is 1.65. The van der Waals surface area contributed by atoms with Crippen LogP contribution < -0.4 is 5.43 Å². The molecular weight excluding hydrogens is 264 g/mol. The van der Waals surface area contributed by atoms with Crippen LogP contribution in [0.5, 0.6) is 5.75 Å². The van der Waals surface area contributed by atoms with Gasteiger partial charge in [0.2, 0.25) is 0 Å². The van der Waals surface area contributed by atoms with E-state index in [0.29, 0.717) is 11.3 Å². The molecule has 2 bridgehead atoms. The lowest BCUT2D eigenvalue weighted by atomic mass is 9.49. The van der Waals surface area contributed by atoms with Gasteiger partial charge in [0.15, 0.2) is 0 Å². The van der Waals surface area contributed by atoms with Crippen LogP contribution in [-0.4, -0.2) is 17.2 Å². The number of nitrogens with one attached hydrogen (secondary N) is 1. The highest BCUT2D eigenvalue weighted by molar-refractivity contribution is 5.97. The number of aromatic hydroxyl groups is 1. The van der Waals surface area contributed by atoms with Gasteiger partial charge in [-0.15, -0.1) is 0 Å². The first-order chi connectivity index (χ1) is 10.00. The molecule has 3 aliphatic rings. The molecule has 4 nitrogen and oxygen atoms in total. The van der Waals surface area contributed by atoms with Gasteiger partial charge >= 0.3 is 0 Å². The zero-order valence-corrected chi connectivity index (χ0v) is 12.3. The van der Waals surface area contributed by atoms with Gasteiger partial charge < -0.3 is 5.11 Å². The molecule has 1 aromatic rings. The average molecular weight is 284 g/mol. The number of phenolic OH excluding ortho intramolecular Hbond substituents is 1. The predicted octanol–water partition coefficient (Wildman–Crippen LogP) is 3.10. The molecule has 0 spiro atoms. The number of carbonyl (C=O) groups excluding carboxylic acids is 1. The number of allylic oxidation sites excluding steroid dienone is 2. The molecule has 0 unspecified atom stereocenters. The highest BCUT2D eigenvalue weighted by Crippen LogP contribution is 2.58. The van der Waals surface area contributed by atoms with Crippen molar-refractivity contribution >= 4 is 12.1 Å². The van der Waals surface area contributed by atoms with Gasteiger partial charge in [0.05, 0.1) is 11.8 Å². The van der Waals surface area contributed by atoms with Crippen LogP contribution in [0.1, 0.15) is 37.0 Å². The molecule has 2 N–H and O–H groups in total. The van der Waals surface area contributed by atoms with Crippen LogP contribution in [0.4, 0.5) is 0 Å². The maximum absolute atomic E-state index is 11.9. The van der Waals surface area contributed by atoms with Crippen LogP contribution in [0.25, 0.3) is 0 Å². The highest BCUT2D eigenvalue weighted by atomic mass is 16.3. The van der Waals surface area contributed by atoms with E-state index in [4.69, 9.17) is 0 Å². The molecule has 0 aliphatic heterocycles. The largest absolute Gasteiger partial charge is 0.507 e. The first kappa shape index (κ1) is 13.9. The van der Waals surface area contributed by atoms with Crippen LogP contribution in [-0.2, 0) is 0 Å². The lowest BCUT2D eigenvalue weighted by Crippen LogP contribution is -2.48. The van der Waals surface area contributed by atoms with E-state index in [9.17, 15) is 9.90 Å². The highest BCUT2D eigenvalue weighted by Gasteiger charge is 2.50. The molecular formula is C17H20N2O2. The second kappa shape index (κ2) is 5.02. The zero-order chi connectivity index (χ0) is 15.0. The molecule has 21 heavy (non-hydrogen) atoms. The van der Waals surface area contributed by atoms with Gasteiger partial charge in [-0.2, -0.15) is 5.10 Å². The monoisotopic (exact) mass is 284 g/mol. The average Bonchev–Trinajstić information content (AvgIpc) is 2.47. The number of rotatable bonds is 3. The number of nitrogens with zero attached hydrogens (tertiary/aromatic N) is 1. The molecule has 0 saturated heterocycles. The number of phenols is 1. The molecule has 0 radical (unpaired) electrons. The quantitative estimate of drug-likeness (QED) is 0.662. The Morgan fingerprint density at radius 2 is 2.19 bits per heavy atom. The number of carbonyl (C=O) groups is 1. The van der Waals surface area contributed by atoms with Crippen molar-refractivity contribution in [2.75, 3.05) is 0 Å². The Hall–Kier alpha value is -2.10. The molecule has 1 amide bonds. The van der Waals surface area contributed by atoms with Crippen molar-refractivity contribution in [1.82, 2.24) is 5.43 Å². The summed E-state index contributed by atoms with van der Waals surface area (Å²) in [6.07, 6.45) is 6.29. The van der Waals surface area contributed by atoms with Crippen molar-refractivity contribution in [3.8, 4) is 5.75 Å². The molecule has 2 atom stereocenters. The number of hydrogen-bond donors (Lipinski definition) is 2. The van der Waals surface area contributed by atoms with E-state index in [0.717, 1.165) is 12.3 Å². The molecule has 1 saturated carbocycles. The minimum Gasteiger partial charge on any atom is -0.507 e. The fraction of sp³-hybridized carbons (Fsp3) is 0.412. The maximum Gasteiger partial charge on any atom is 0.275 e. The van der Waals surface area contributed by atoms with Crippen molar-refractivity contribution in [2.45, 2.75) is 26.7 Å². The van der Waals surface area contributed by atoms with Gasteiger partial charge in [-0.3, -0.25) is 4.79 Å². The van der Waals surface area contributed by atoms with Gasteiger partial charge in [-0.1, -0.05) is 32.1 Å². The summed E-state index contributed by atoms with van der Waals surface area (Å²) in [5.74, 6) is 0.897. The minimum atomic E-state index is -0.397. The van der Waals surface area contributed by atoms with E-state index in [1.165, 1.54) is 18.1 Å². The molecule has 0 heterocycles. The number of benzene rings is 1. The van der Waals surface area contributed by atoms with Gasteiger partial charge in [-0.05, 0) is 47.8 Å². The summed E-state index contributed by atoms with van der Waals surface area (Å²) in [5.41, 5.74) is 4.27. The van der Waals surface area contributed by atoms with E-state index in [2.05, 4.69) is 30.5 Å². The maximum atomic E-state index is 11.9. The minimum absolute atomic E-state index is 0.0370. The molecule has 1 fully saturated rings. The van der Waals surface area contributed by atoms with E-state index >= 15 is 0 Å². The smallest absolute Gasteiger partial charge is 0.275 e. The van der Waals surface area contributed by atoms with Crippen LogP contribution in [0.15, 0.2) is 41.0 Å². The lowest BCUT2D eigenvalue weighted by molar-refractivity contribution is -0.00126. The summed E-state index contributed by atoms with van der Waals surface area (Å²) in [4.78, 5) is 11.9. The summed E-state index contributed by atoms with van der Waals surface area (Å²) in [5, 5.41) is 13.7. The lowest BCUT2D eigenvalue weighted by Gasteiger charge is -2.55. The first-order valence-corrected chi connectivity index (χ1v) is 7.31. The van der Waals surface area contributed by atoms with E-state index in [-0.39, 0.29) is 11.3 Å². The number of amides is 1. The second-order valence-corrected chi connectivity index (χ2v) is 6.46. The Bertz CT molecular complexity index is 631. The SMILES string of the molecule is CC1(C)[C@H]2CC=C(/C=N/NC(=O)c3ccccc3O)[C@H]1C2. The zero-order valence-electron chi connectivity index (χ0n) is 12.3. The standard InChI is InChI=1S/C17H20N2O2/c1-17(2)12-8-7-11(14(17)9-12)10-18-19-16(21)13-5-3-4-6-15(13)20/h3-7,10,12,14,20H,8-9H2,1-2H3,(H,19,21)/b18-10+/t12-,14+/m0/s1. The normalized spacial score (nSPS) is 26.1. The van der Waals surface area contributed by atoms with Gasteiger partial charge in [0.1, 0.15) is 5.75 Å². The summed E-state index contributed by atoms with van der Waals surface area (Å²) in [6.45, 7) is 4.60. The van der Waals surface area contributed by atoms with Crippen LogP contribution >= 0.6 is 0 Å². The van der Waals surface area contributed by atoms with Gasteiger partial charge in [0.25, 0.3) is 5.91 Å². The van der Waals surface area contributed by atoms with E-state index in [1.807, 2.05) is 0 Å². The molecule has 4 rings (SSSR count). The van der Waals surface area contributed by atoms with E-state index in [1.54, 1.807) is 24.4 Å². The number of hydrogen-bond acceptors (Lipinski definition) is 3. The molecule has 4 heteroatoms. The second-order valence-electron chi connectivity index (χ2n) is 6.46. The summed E-state index contributed by atoms with van der Waals surface area (Å²) in [7, 11) is 0. The summed E-state index contributed by atoms with van der Waals surface area (Å²) >= 11 is 0. The topological polar surface area (TPSA) is 61.7 Å². The fourth-order valence-electron chi connectivity index (χ4n) is 3.44. The summed E-state index contributed by atoms with van der Waals surface area (Å²) in [6, 6.07) is 6.44. The van der Waals surface area contributed by atoms with Crippen molar-refractivity contribution in [3.63, 3.8) is 0 Å². The third kappa shape index (κ3) is 2.35. The third-order valence-electron chi connectivity index (χ3n) is 5.04. The first-order valence-electron chi connectivity index (χ1n) is 7.31. The molecule has 3 aliphatic carbocycles. The third-order valence-corrected chi connectivity index (χ3v) is 5.04. The Kier molecular flexibility index (Phi) is 3.32. The molecule has 1 aromatic carbocycles. The fourth-order valence-corrected chi connectivity index (χ4v) is 3.44.